The molecule has 2 N–H and O–H groups in total. The lowest BCUT2D eigenvalue weighted by molar-refractivity contribution is -0.117. The Balaban J connectivity index is 1.90. The predicted molar refractivity (Wildman–Crippen MR) is 122 cm³/mol. The topological polar surface area (TPSA) is 84.5 Å². The van der Waals surface area contributed by atoms with Crippen LogP contribution in [0.5, 0.6) is 5.75 Å². The number of methoxy groups -OCH3 is 1. The molecule has 1 amide bonds. The number of carbonyl (C=O) groups excluding carboxylic acids is 1. The number of hydrogen-bond acceptors (Lipinski definition) is 4. The molecule has 3 rings (SSSR count). The molecule has 3 aromatic carbocycles. The minimum atomic E-state index is -3.96. The number of carbonyl (C=O) groups is 1. The quantitative estimate of drug-likeness (QED) is 0.530. The largest absolute Gasteiger partial charge is 0.495 e. The average molecular weight is 459 g/mol. The number of anilines is 1. The lowest BCUT2D eigenvalue weighted by atomic mass is 10.1. The van der Waals surface area contributed by atoms with Gasteiger partial charge in [0.25, 0.3) is 0 Å². The highest BCUT2D eigenvalue weighted by atomic mass is 35.5. The summed E-state index contributed by atoms with van der Waals surface area (Å²) in [5.74, 6) is -0.0109. The minimum Gasteiger partial charge on any atom is -0.495 e. The van der Waals surface area contributed by atoms with Crippen LogP contribution in [-0.2, 0) is 21.2 Å². The summed E-state index contributed by atoms with van der Waals surface area (Å²) in [5, 5.41) is 3.21. The van der Waals surface area contributed by atoms with Crippen LogP contribution in [0.3, 0.4) is 0 Å². The zero-order chi connectivity index (χ0) is 22.4. The van der Waals surface area contributed by atoms with Gasteiger partial charge in [0.15, 0.2) is 0 Å². The number of nitrogens with one attached hydrogen (secondary N) is 2. The standard InChI is InChI=1S/C23H23ClN2O4S/c1-16-8-13-22(30-2)20(14-16)25-23(27)21(15-17-6-4-3-5-7-17)26-31(28,29)19-11-9-18(24)10-12-19/h3-14,21,26H,15H2,1-2H3,(H,25,27)/t21-/m0/s1. The highest BCUT2D eigenvalue weighted by Gasteiger charge is 2.27. The maximum Gasteiger partial charge on any atom is 0.243 e. The van der Waals surface area contributed by atoms with Gasteiger partial charge in [0.1, 0.15) is 11.8 Å². The zero-order valence-corrected chi connectivity index (χ0v) is 18.7. The molecule has 0 bridgehead atoms. The van der Waals surface area contributed by atoms with Gasteiger partial charge in [-0.1, -0.05) is 48.0 Å². The van der Waals surface area contributed by atoms with E-state index in [1.54, 1.807) is 12.1 Å². The molecule has 1 atom stereocenters. The number of ether oxygens (including phenoxy) is 1. The molecule has 162 valence electrons. The van der Waals surface area contributed by atoms with Gasteiger partial charge in [0, 0.05) is 5.02 Å². The van der Waals surface area contributed by atoms with E-state index in [2.05, 4.69) is 10.0 Å². The Kier molecular flexibility index (Phi) is 7.33. The van der Waals surface area contributed by atoms with Gasteiger partial charge in [-0.15, -0.1) is 0 Å². The summed E-state index contributed by atoms with van der Waals surface area (Å²) in [4.78, 5) is 13.2. The second-order valence-corrected chi connectivity index (χ2v) is 9.16. The maximum atomic E-state index is 13.1. The summed E-state index contributed by atoms with van der Waals surface area (Å²) in [6.07, 6.45) is 0.174. The van der Waals surface area contributed by atoms with Crippen molar-refractivity contribution in [3.63, 3.8) is 0 Å². The number of benzene rings is 3. The lowest BCUT2D eigenvalue weighted by Gasteiger charge is -2.20. The Morgan fingerprint density at radius 2 is 1.71 bits per heavy atom. The molecule has 31 heavy (non-hydrogen) atoms. The first-order chi connectivity index (χ1) is 14.8. The molecule has 0 saturated carbocycles. The second-order valence-electron chi connectivity index (χ2n) is 7.01. The molecule has 0 aliphatic heterocycles. The van der Waals surface area contributed by atoms with Crippen LogP contribution in [-0.4, -0.2) is 27.5 Å². The Labute approximate surface area is 187 Å². The Morgan fingerprint density at radius 1 is 1.03 bits per heavy atom. The number of hydrogen-bond donors (Lipinski definition) is 2. The van der Waals surface area contributed by atoms with Gasteiger partial charge in [0.2, 0.25) is 15.9 Å². The lowest BCUT2D eigenvalue weighted by Crippen LogP contribution is -2.45. The molecule has 0 aliphatic rings. The molecule has 0 spiro atoms. The van der Waals surface area contributed by atoms with Crippen molar-refractivity contribution < 1.29 is 17.9 Å². The Morgan fingerprint density at radius 3 is 2.35 bits per heavy atom. The summed E-state index contributed by atoms with van der Waals surface area (Å²) >= 11 is 5.87. The smallest absolute Gasteiger partial charge is 0.243 e. The fraction of sp³-hybridized carbons (Fsp3) is 0.174. The number of sulfonamides is 1. The van der Waals surface area contributed by atoms with Crippen molar-refractivity contribution in [1.29, 1.82) is 0 Å². The van der Waals surface area contributed by atoms with Crippen LogP contribution in [0.25, 0.3) is 0 Å². The van der Waals surface area contributed by atoms with E-state index in [4.69, 9.17) is 16.3 Å². The first-order valence-corrected chi connectivity index (χ1v) is 11.4. The van der Waals surface area contributed by atoms with Crippen LogP contribution in [0, 0.1) is 6.92 Å². The molecule has 0 aromatic heterocycles. The number of amides is 1. The van der Waals surface area contributed by atoms with Crippen LogP contribution in [0.15, 0.2) is 77.7 Å². The molecular formula is C23H23ClN2O4S. The summed E-state index contributed by atoms with van der Waals surface area (Å²) in [7, 11) is -2.45. The van der Waals surface area contributed by atoms with Crippen LogP contribution in [0.1, 0.15) is 11.1 Å². The van der Waals surface area contributed by atoms with E-state index in [-0.39, 0.29) is 11.3 Å². The average Bonchev–Trinajstić information content (AvgIpc) is 2.74. The normalized spacial score (nSPS) is 12.2. The van der Waals surface area contributed by atoms with Gasteiger partial charge < -0.3 is 10.1 Å². The van der Waals surface area contributed by atoms with E-state index < -0.39 is 22.0 Å². The van der Waals surface area contributed by atoms with E-state index in [0.29, 0.717) is 16.5 Å². The third-order valence-corrected chi connectivity index (χ3v) is 6.37. The third-order valence-electron chi connectivity index (χ3n) is 4.63. The van der Waals surface area contributed by atoms with Gasteiger partial charge in [-0.05, 0) is 60.9 Å². The molecule has 8 heteroatoms. The van der Waals surface area contributed by atoms with Crippen LogP contribution in [0.4, 0.5) is 5.69 Å². The van der Waals surface area contributed by atoms with Crippen molar-refractivity contribution in [3.05, 3.63) is 88.9 Å². The van der Waals surface area contributed by atoms with Gasteiger partial charge >= 0.3 is 0 Å². The van der Waals surface area contributed by atoms with E-state index in [0.717, 1.165) is 11.1 Å². The number of rotatable bonds is 8. The van der Waals surface area contributed by atoms with Gasteiger partial charge in [0.05, 0.1) is 17.7 Å². The summed E-state index contributed by atoms with van der Waals surface area (Å²) < 4.78 is 33.7. The molecule has 0 heterocycles. The molecule has 0 fully saturated rings. The third kappa shape index (κ3) is 6.07. The van der Waals surface area contributed by atoms with Crippen molar-refractivity contribution >= 4 is 33.2 Å². The van der Waals surface area contributed by atoms with Crippen molar-refractivity contribution in [2.24, 2.45) is 0 Å². The van der Waals surface area contributed by atoms with E-state index in [1.807, 2.05) is 43.3 Å². The molecule has 0 aliphatic carbocycles. The van der Waals surface area contributed by atoms with Crippen molar-refractivity contribution in [2.75, 3.05) is 12.4 Å². The first-order valence-electron chi connectivity index (χ1n) is 9.56. The zero-order valence-electron chi connectivity index (χ0n) is 17.1. The predicted octanol–water partition coefficient (Wildman–Crippen LogP) is 4.19. The second kappa shape index (κ2) is 9.96. The molecule has 6 nitrogen and oxygen atoms in total. The van der Waals surface area contributed by atoms with Gasteiger partial charge in [-0.3, -0.25) is 4.79 Å². The van der Waals surface area contributed by atoms with Crippen molar-refractivity contribution in [3.8, 4) is 5.75 Å². The van der Waals surface area contributed by atoms with Crippen LogP contribution < -0.4 is 14.8 Å². The highest BCUT2D eigenvalue weighted by Crippen LogP contribution is 2.25. The maximum absolute atomic E-state index is 13.1. The molecule has 0 radical (unpaired) electrons. The first kappa shape index (κ1) is 22.8. The van der Waals surface area contributed by atoms with E-state index in [9.17, 15) is 13.2 Å². The fourth-order valence-corrected chi connectivity index (χ4v) is 4.37. The minimum absolute atomic E-state index is 0.0240. The van der Waals surface area contributed by atoms with Crippen molar-refractivity contribution in [2.45, 2.75) is 24.3 Å². The molecule has 0 saturated heterocycles. The molecule has 0 unspecified atom stereocenters. The van der Waals surface area contributed by atoms with Crippen LogP contribution >= 0.6 is 11.6 Å². The highest BCUT2D eigenvalue weighted by molar-refractivity contribution is 7.89. The number of halogens is 1. The van der Waals surface area contributed by atoms with Gasteiger partial charge in [-0.2, -0.15) is 4.72 Å². The van der Waals surface area contributed by atoms with E-state index >= 15 is 0 Å². The SMILES string of the molecule is COc1ccc(C)cc1NC(=O)[C@H](Cc1ccccc1)NS(=O)(=O)c1ccc(Cl)cc1. The summed E-state index contributed by atoms with van der Waals surface area (Å²) in [6.45, 7) is 1.89. The summed E-state index contributed by atoms with van der Waals surface area (Å²) in [6, 6.07) is 19.3. The Bertz CT molecular complexity index is 1150. The fourth-order valence-electron chi connectivity index (χ4n) is 3.05. The molecule has 3 aromatic rings. The Hall–Kier alpha value is -2.87. The van der Waals surface area contributed by atoms with E-state index in [1.165, 1.54) is 31.4 Å². The van der Waals surface area contributed by atoms with Crippen molar-refractivity contribution in [1.82, 2.24) is 4.72 Å². The van der Waals surface area contributed by atoms with Crippen LogP contribution in [0.2, 0.25) is 5.02 Å². The molecular weight excluding hydrogens is 436 g/mol. The monoisotopic (exact) mass is 458 g/mol. The van der Waals surface area contributed by atoms with Gasteiger partial charge in [-0.25, -0.2) is 8.42 Å². The number of aryl methyl sites for hydroxylation is 1. The summed E-state index contributed by atoms with van der Waals surface area (Å²) in [5.41, 5.74) is 2.21.